The van der Waals surface area contributed by atoms with Crippen molar-refractivity contribution in [2.45, 2.75) is 37.9 Å². The third-order valence-electron chi connectivity index (χ3n) is 8.23. The Hall–Kier alpha value is -2.71. The smallest absolute Gasteiger partial charge is 0.414 e. The number of amides is 2. The number of aliphatic hydroxyl groups is 1. The monoisotopic (exact) mass is 464 g/mol. The number of benzene rings is 1. The lowest BCUT2D eigenvalue weighted by Crippen LogP contribution is -2.57. The minimum Gasteiger partial charge on any atom is -0.447 e. The molecule has 5 aliphatic rings. The van der Waals surface area contributed by atoms with Gasteiger partial charge in [-0.15, -0.1) is 0 Å². The second-order valence-corrected chi connectivity index (χ2v) is 10.2. The summed E-state index contributed by atoms with van der Waals surface area (Å²) in [7, 11) is 0. The van der Waals surface area contributed by atoms with Crippen molar-refractivity contribution in [3.8, 4) is 0 Å². The normalized spacial score (nSPS) is 28.9. The van der Waals surface area contributed by atoms with Gasteiger partial charge < -0.3 is 14.7 Å². The maximum atomic E-state index is 13.2. The highest BCUT2D eigenvalue weighted by Crippen LogP contribution is 2.62. The highest BCUT2D eigenvalue weighted by molar-refractivity contribution is 5.96. The number of aliphatic imine (C=N–C) groups is 1. The first-order valence-corrected chi connectivity index (χ1v) is 12.5. The third kappa shape index (κ3) is 3.64. The lowest BCUT2D eigenvalue weighted by atomic mass is 9.72. The molecule has 6 rings (SSSR count). The Morgan fingerprint density at radius 1 is 1.06 bits per heavy atom. The van der Waals surface area contributed by atoms with E-state index in [4.69, 9.17) is 9.73 Å². The fourth-order valence-electron chi connectivity index (χ4n) is 6.19. The fourth-order valence-corrected chi connectivity index (χ4v) is 6.19. The van der Waals surface area contributed by atoms with Gasteiger partial charge in [0.05, 0.1) is 12.6 Å². The molecule has 3 aliphatic heterocycles. The van der Waals surface area contributed by atoms with Crippen molar-refractivity contribution in [3.05, 3.63) is 42.0 Å². The quantitative estimate of drug-likeness (QED) is 0.699. The molecule has 8 heteroatoms. The lowest BCUT2D eigenvalue weighted by molar-refractivity contribution is 0.0242. The molecule has 0 aromatic heterocycles. The zero-order chi connectivity index (χ0) is 23.3. The number of carbonyl (C=O) groups excluding carboxylic acids is 2. The van der Waals surface area contributed by atoms with E-state index in [0.29, 0.717) is 24.3 Å². The molecular weight excluding hydrogens is 432 g/mol. The Morgan fingerprint density at radius 3 is 2.35 bits per heavy atom. The van der Waals surface area contributed by atoms with Gasteiger partial charge in [0.1, 0.15) is 12.8 Å². The number of hydrogen-bond donors (Lipinski definition) is 1. The summed E-state index contributed by atoms with van der Waals surface area (Å²) in [6.07, 6.45) is 11.6. The van der Waals surface area contributed by atoms with E-state index in [2.05, 4.69) is 17.1 Å². The molecule has 0 radical (unpaired) electrons. The number of cyclic esters (lactones) is 1. The van der Waals surface area contributed by atoms with Gasteiger partial charge >= 0.3 is 6.09 Å². The second-order valence-electron chi connectivity index (χ2n) is 10.2. The van der Waals surface area contributed by atoms with Crippen molar-refractivity contribution >= 4 is 23.9 Å². The van der Waals surface area contributed by atoms with Crippen LogP contribution in [0.5, 0.6) is 0 Å². The van der Waals surface area contributed by atoms with Crippen molar-refractivity contribution in [2.75, 3.05) is 44.3 Å². The van der Waals surface area contributed by atoms with Gasteiger partial charge in [0.2, 0.25) is 0 Å². The molecule has 180 valence electrons. The predicted molar refractivity (Wildman–Crippen MR) is 128 cm³/mol. The molecule has 1 aromatic carbocycles. The van der Waals surface area contributed by atoms with E-state index in [1.807, 2.05) is 11.1 Å². The van der Waals surface area contributed by atoms with E-state index < -0.39 is 12.1 Å². The molecule has 1 N–H and O–H groups in total. The molecule has 1 aromatic rings. The standard InChI is InChI=1S/C26H32N4O4/c31-16-22-17-34-25(33)30(22)21-8-2-18(3-9-21)23(32)28-12-14-29(15-13-28)24-26(19-4-5-19,20-6-7-20)10-1-11-27-24/h1-3,8-11,19-20,22,24,31H,4-7,12-17H2/t22-,24?/m1/s1. The molecule has 8 nitrogen and oxygen atoms in total. The van der Waals surface area contributed by atoms with Crippen molar-refractivity contribution < 1.29 is 19.4 Å². The largest absolute Gasteiger partial charge is 0.447 e. The number of anilines is 1. The summed E-state index contributed by atoms with van der Waals surface area (Å²) in [5, 5.41) is 9.49. The van der Waals surface area contributed by atoms with E-state index in [0.717, 1.165) is 24.9 Å². The first-order chi connectivity index (χ1) is 16.6. The van der Waals surface area contributed by atoms with Crippen LogP contribution in [0.15, 0.2) is 41.4 Å². The molecule has 34 heavy (non-hydrogen) atoms. The van der Waals surface area contributed by atoms with E-state index in [1.54, 1.807) is 24.3 Å². The topological polar surface area (TPSA) is 85.7 Å². The molecule has 2 aliphatic carbocycles. The maximum Gasteiger partial charge on any atom is 0.414 e. The van der Waals surface area contributed by atoms with E-state index >= 15 is 0 Å². The molecule has 3 heterocycles. The Balaban J connectivity index is 1.11. The minimum atomic E-state index is -0.470. The van der Waals surface area contributed by atoms with Crippen molar-refractivity contribution in [2.24, 2.45) is 22.2 Å². The molecule has 4 fully saturated rings. The van der Waals surface area contributed by atoms with Crippen LogP contribution >= 0.6 is 0 Å². The summed E-state index contributed by atoms with van der Waals surface area (Å²) in [4.78, 5) is 36.0. The number of piperazine rings is 1. The van der Waals surface area contributed by atoms with Crippen LogP contribution in [0.1, 0.15) is 36.0 Å². The molecular formula is C26H32N4O4. The van der Waals surface area contributed by atoms with E-state index in [9.17, 15) is 14.7 Å². The Bertz CT molecular complexity index is 994. The van der Waals surface area contributed by atoms with Crippen LogP contribution in [0.4, 0.5) is 10.5 Å². The fraction of sp³-hybridized carbons (Fsp3) is 0.577. The zero-order valence-corrected chi connectivity index (χ0v) is 19.4. The van der Waals surface area contributed by atoms with Gasteiger partial charge in [-0.3, -0.25) is 19.6 Å². The first-order valence-electron chi connectivity index (χ1n) is 12.5. The molecule has 2 saturated heterocycles. The third-order valence-corrected chi connectivity index (χ3v) is 8.23. The van der Waals surface area contributed by atoms with E-state index in [-0.39, 0.29) is 30.7 Å². The first kappa shape index (κ1) is 21.8. The van der Waals surface area contributed by atoms with E-state index in [1.165, 1.54) is 30.6 Å². The molecule has 1 unspecified atom stereocenters. The molecule has 0 bridgehead atoms. The SMILES string of the molecule is O=C(c1ccc(N2C(=O)OC[C@H]2CO)cc1)N1CCN(C2N=CC=CC2(C2CC2)C2CC2)CC1. The summed E-state index contributed by atoms with van der Waals surface area (Å²) >= 11 is 0. The summed E-state index contributed by atoms with van der Waals surface area (Å²) < 4.78 is 5.04. The van der Waals surface area contributed by atoms with Gasteiger partial charge in [-0.25, -0.2) is 4.79 Å². The number of rotatable bonds is 6. The highest BCUT2D eigenvalue weighted by atomic mass is 16.6. The van der Waals surface area contributed by atoms with Gasteiger partial charge in [0, 0.05) is 49.1 Å². The summed E-state index contributed by atoms with van der Waals surface area (Å²) in [6, 6.07) is 6.62. The van der Waals surface area contributed by atoms with Gasteiger partial charge in [-0.2, -0.15) is 0 Å². The van der Waals surface area contributed by atoms with Crippen molar-refractivity contribution in [3.63, 3.8) is 0 Å². The summed E-state index contributed by atoms with van der Waals surface area (Å²) in [5.41, 5.74) is 1.43. The van der Waals surface area contributed by atoms with Crippen LogP contribution in [-0.2, 0) is 4.74 Å². The number of allylic oxidation sites excluding steroid dienone is 1. The number of nitrogens with zero attached hydrogens (tertiary/aromatic N) is 4. The van der Waals surface area contributed by atoms with Crippen LogP contribution in [0.25, 0.3) is 0 Å². The number of carbonyl (C=O) groups is 2. The van der Waals surface area contributed by atoms with Gasteiger partial charge in [-0.05, 0) is 67.9 Å². The number of ether oxygens (including phenoxy) is 1. The van der Waals surface area contributed by atoms with Gasteiger partial charge in [0.15, 0.2) is 0 Å². The average Bonchev–Trinajstić information content (AvgIpc) is 3.81. The average molecular weight is 465 g/mol. The highest BCUT2D eigenvalue weighted by Gasteiger charge is 2.58. The van der Waals surface area contributed by atoms with Gasteiger partial charge in [0.25, 0.3) is 5.91 Å². The number of aliphatic hydroxyl groups excluding tert-OH is 1. The van der Waals surface area contributed by atoms with Crippen LogP contribution in [-0.4, -0.2) is 84.7 Å². The Labute approximate surface area is 199 Å². The maximum absolute atomic E-state index is 13.2. The molecule has 2 amide bonds. The molecule has 2 saturated carbocycles. The van der Waals surface area contributed by atoms with Crippen molar-refractivity contribution in [1.82, 2.24) is 9.80 Å². The molecule has 2 atom stereocenters. The van der Waals surface area contributed by atoms with Crippen LogP contribution in [0.3, 0.4) is 0 Å². The molecule has 0 spiro atoms. The second kappa shape index (κ2) is 8.50. The number of dihydropyridines is 1. The predicted octanol–water partition coefficient (Wildman–Crippen LogP) is 2.54. The summed E-state index contributed by atoms with van der Waals surface area (Å²) in [5.74, 6) is 1.53. The lowest BCUT2D eigenvalue weighted by Gasteiger charge is -2.47. The van der Waals surface area contributed by atoms with Gasteiger partial charge in [-0.1, -0.05) is 6.08 Å². The Kier molecular flexibility index (Phi) is 5.45. The Morgan fingerprint density at radius 2 is 1.74 bits per heavy atom. The zero-order valence-electron chi connectivity index (χ0n) is 19.4. The van der Waals surface area contributed by atoms with Crippen LogP contribution < -0.4 is 4.90 Å². The number of hydrogen-bond acceptors (Lipinski definition) is 6. The van der Waals surface area contributed by atoms with Crippen LogP contribution in [0, 0.1) is 17.3 Å². The summed E-state index contributed by atoms with van der Waals surface area (Å²) in [6.45, 7) is 3.04. The van der Waals surface area contributed by atoms with Crippen LogP contribution in [0.2, 0.25) is 0 Å². The van der Waals surface area contributed by atoms with Crippen molar-refractivity contribution in [1.29, 1.82) is 0 Å². The minimum absolute atomic E-state index is 0.0107.